The molecular weight excluding hydrogens is 274 g/mol. The molecule has 0 heterocycles. The number of benzene rings is 1. The average Bonchev–Trinajstić information content (AvgIpc) is 2.46. The summed E-state index contributed by atoms with van der Waals surface area (Å²) in [5.74, 6) is 1.85. The van der Waals surface area contributed by atoms with Crippen LogP contribution in [0.4, 0.5) is 0 Å². The standard InChI is InChI=1S/C15H25NO3S/c1-10(2)12(9-17)16-8-11-6-13(18-3)14(19-4)7-15(11)20-5/h6-7,10,12,16-17H,8-9H2,1-5H3/t12-/m1/s1. The molecule has 0 aliphatic heterocycles. The van der Waals surface area contributed by atoms with E-state index in [0.717, 1.165) is 22.0 Å². The van der Waals surface area contributed by atoms with Gasteiger partial charge in [0.2, 0.25) is 0 Å². The molecule has 0 fully saturated rings. The molecule has 0 spiro atoms. The van der Waals surface area contributed by atoms with Gasteiger partial charge in [-0.05, 0) is 29.9 Å². The van der Waals surface area contributed by atoms with E-state index in [4.69, 9.17) is 9.47 Å². The minimum atomic E-state index is 0.0952. The molecule has 0 bridgehead atoms. The van der Waals surface area contributed by atoms with Crippen molar-refractivity contribution in [3.05, 3.63) is 17.7 Å². The highest BCUT2D eigenvalue weighted by Gasteiger charge is 2.14. The molecule has 4 nitrogen and oxygen atoms in total. The van der Waals surface area contributed by atoms with Crippen LogP contribution in [0.2, 0.25) is 0 Å². The Morgan fingerprint density at radius 2 is 1.80 bits per heavy atom. The Bertz CT molecular complexity index is 424. The molecule has 0 radical (unpaired) electrons. The van der Waals surface area contributed by atoms with Gasteiger partial charge in [0.25, 0.3) is 0 Å². The first-order valence-corrected chi connectivity index (χ1v) is 7.92. The molecule has 0 aliphatic carbocycles. The molecule has 0 unspecified atom stereocenters. The van der Waals surface area contributed by atoms with Crippen molar-refractivity contribution >= 4 is 11.8 Å². The fraction of sp³-hybridized carbons (Fsp3) is 0.600. The maximum Gasteiger partial charge on any atom is 0.161 e. The lowest BCUT2D eigenvalue weighted by molar-refractivity contribution is 0.210. The van der Waals surface area contributed by atoms with Crippen LogP contribution in [0.3, 0.4) is 0 Å². The summed E-state index contributed by atoms with van der Waals surface area (Å²) in [6.07, 6.45) is 2.04. The zero-order valence-corrected chi connectivity index (χ0v) is 13.7. The molecule has 0 saturated heterocycles. The predicted octanol–water partition coefficient (Wildman–Crippen LogP) is 2.53. The quantitative estimate of drug-likeness (QED) is 0.723. The number of aliphatic hydroxyl groups is 1. The SMILES string of the molecule is COc1cc(CN[C@H](CO)C(C)C)c(SC)cc1OC. The van der Waals surface area contributed by atoms with Crippen LogP contribution in [0.25, 0.3) is 0 Å². The second-order valence-corrected chi connectivity index (χ2v) is 5.78. The maximum atomic E-state index is 9.37. The molecule has 0 aliphatic rings. The summed E-state index contributed by atoms with van der Waals surface area (Å²) in [5.41, 5.74) is 1.15. The third-order valence-corrected chi connectivity index (χ3v) is 4.16. The lowest BCUT2D eigenvalue weighted by atomic mass is 10.0. The van der Waals surface area contributed by atoms with Crippen LogP contribution in [-0.4, -0.2) is 38.2 Å². The van der Waals surface area contributed by atoms with Crippen LogP contribution in [-0.2, 0) is 6.54 Å². The predicted molar refractivity (Wildman–Crippen MR) is 83.9 cm³/mol. The van der Waals surface area contributed by atoms with E-state index in [9.17, 15) is 5.11 Å². The van der Waals surface area contributed by atoms with Gasteiger partial charge in [-0.15, -0.1) is 11.8 Å². The minimum absolute atomic E-state index is 0.0952. The molecule has 0 aromatic heterocycles. The molecule has 2 N–H and O–H groups in total. The van der Waals surface area contributed by atoms with Crippen LogP contribution in [0.1, 0.15) is 19.4 Å². The van der Waals surface area contributed by atoms with Gasteiger partial charge in [-0.25, -0.2) is 0 Å². The van der Waals surface area contributed by atoms with Gasteiger partial charge in [-0.3, -0.25) is 0 Å². The van der Waals surface area contributed by atoms with E-state index >= 15 is 0 Å². The number of aliphatic hydroxyl groups excluding tert-OH is 1. The molecule has 5 heteroatoms. The normalized spacial score (nSPS) is 12.6. The lowest BCUT2D eigenvalue weighted by Gasteiger charge is -2.21. The van der Waals surface area contributed by atoms with Crippen LogP contribution in [0.15, 0.2) is 17.0 Å². The van der Waals surface area contributed by atoms with E-state index < -0.39 is 0 Å². The van der Waals surface area contributed by atoms with Gasteiger partial charge in [0.15, 0.2) is 11.5 Å². The maximum absolute atomic E-state index is 9.37. The minimum Gasteiger partial charge on any atom is -0.493 e. The highest BCUT2D eigenvalue weighted by atomic mass is 32.2. The highest BCUT2D eigenvalue weighted by molar-refractivity contribution is 7.98. The van der Waals surface area contributed by atoms with Gasteiger partial charge in [-0.2, -0.15) is 0 Å². The molecule has 114 valence electrons. The Hall–Kier alpha value is -0.910. The van der Waals surface area contributed by atoms with E-state index in [1.54, 1.807) is 26.0 Å². The van der Waals surface area contributed by atoms with Gasteiger partial charge >= 0.3 is 0 Å². The Morgan fingerprint density at radius 1 is 1.20 bits per heavy atom. The summed E-state index contributed by atoms with van der Waals surface area (Å²) in [4.78, 5) is 1.15. The molecule has 1 atom stereocenters. The van der Waals surface area contributed by atoms with Gasteiger partial charge in [-0.1, -0.05) is 13.8 Å². The molecule has 20 heavy (non-hydrogen) atoms. The summed E-state index contributed by atoms with van der Waals surface area (Å²) >= 11 is 1.67. The van der Waals surface area contributed by atoms with E-state index in [-0.39, 0.29) is 12.6 Å². The van der Waals surface area contributed by atoms with Gasteiger partial charge in [0, 0.05) is 17.5 Å². The van der Waals surface area contributed by atoms with Crippen molar-refractivity contribution in [2.24, 2.45) is 5.92 Å². The van der Waals surface area contributed by atoms with E-state index in [0.29, 0.717) is 12.5 Å². The molecule has 1 aromatic rings. The topological polar surface area (TPSA) is 50.7 Å². The Labute approximate surface area is 125 Å². The number of nitrogens with one attached hydrogen (secondary N) is 1. The first kappa shape index (κ1) is 17.1. The molecule has 0 amide bonds. The van der Waals surface area contributed by atoms with Crippen molar-refractivity contribution in [2.45, 2.75) is 31.3 Å². The summed E-state index contributed by atoms with van der Waals surface area (Å²) < 4.78 is 10.7. The summed E-state index contributed by atoms with van der Waals surface area (Å²) in [5, 5.41) is 12.8. The van der Waals surface area contributed by atoms with Gasteiger partial charge in [0.1, 0.15) is 0 Å². The summed E-state index contributed by atoms with van der Waals surface area (Å²) in [7, 11) is 3.28. The van der Waals surface area contributed by atoms with Crippen LogP contribution in [0, 0.1) is 5.92 Å². The largest absolute Gasteiger partial charge is 0.493 e. The summed E-state index contributed by atoms with van der Waals surface area (Å²) in [6.45, 7) is 5.02. The van der Waals surface area contributed by atoms with Gasteiger partial charge < -0.3 is 19.9 Å². The number of rotatable bonds is 8. The number of methoxy groups -OCH3 is 2. The number of hydrogen-bond donors (Lipinski definition) is 2. The van der Waals surface area contributed by atoms with Crippen LogP contribution in [0.5, 0.6) is 11.5 Å². The number of ether oxygens (including phenoxy) is 2. The fourth-order valence-electron chi connectivity index (χ4n) is 1.98. The van der Waals surface area contributed by atoms with Crippen molar-refractivity contribution < 1.29 is 14.6 Å². The molecule has 1 aromatic carbocycles. The van der Waals surface area contributed by atoms with Crippen molar-refractivity contribution in [1.82, 2.24) is 5.32 Å². The number of thioether (sulfide) groups is 1. The van der Waals surface area contributed by atoms with Crippen molar-refractivity contribution in [3.63, 3.8) is 0 Å². The van der Waals surface area contributed by atoms with Crippen molar-refractivity contribution in [2.75, 3.05) is 27.1 Å². The lowest BCUT2D eigenvalue weighted by Crippen LogP contribution is -2.36. The van der Waals surface area contributed by atoms with E-state index in [1.807, 2.05) is 18.4 Å². The fourth-order valence-corrected chi connectivity index (χ4v) is 2.60. The second kappa shape index (κ2) is 8.39. The van der Waals surface area contributed by atoms with E-state index in [1.165, 1.54) is 0 Å². The monoisotopic (exact) mass is 299 g/mol. The van der Waals surface area contributed by atoms with Gasteiger partial charge in [0.05, 0.1) is 20.8 Å². The Kier molecular flexibility index (Phi) is 7.19. The molecular formula is C15H25NO3S. The van der Waals surface area contributed by atoms with E-state index in [2.05, 4.69) is 19.2 Å². The van der Waals surface area contributed by atoms with Crippen LogP contribution < -0.4 is 14.8 Å². The summed E-state index contributed by atoms with van der Waals surface area (Å²) in [6, 6.07) is 4.08. The smallest absolute Gasteiger partial charge is 0.161 e. The van der Waals surface area contributed by atoms with Crippen molar-refractivity contribution in [3.8, 4) is 11.5 Å². The zero-order valence-electron chi connectivity index (χ0n) is 12.9. The zero-order chi connectivity index (χ0) is 15.1. The molecule has 0 saturated carbocycles. The second-order valence-electron chi connectivity index (χ2n) is 4.93. The van der Waals surface area contributed by atoms with Crippen LogP contribution >= 0.6 is 11.8 Å². The third-order valence-electron chi connectivity index (χ3n) is 3.34. The van der Waals surface area contributed by atoms with Crippen molar-refractivity contribution in [1.29, 1.82) is 0 Å². The first-order chi connectivity index (χ1) is 9.57. The third kappa shape index (κ3) is 4.30. The number of hydrogen-bond acceptors (Lipinski definition) is 5. The Morgan fingerprint density at radius 3 is 2.25 bits per heavy atom. The first-order valence-electron chi connectivity index (χ1n) is 6.70. The molecule has 1 rings (SSSR count). The average molecular weight is 299 g/mol. The highest BCUT2D eigenvalue weighted by Crippen LogP contribution is 2.34. The Balaban J connectivity index is 2.93.